The minimum Gasteiger partial charge on any atom is -0.496 e. The summed E-state index contributed by atoms with van der Waals surface area (Å²) in [5, 5.41) is 0. The van der Waals surface area contributed by atoms with Gasteiger partial charge in [0, 0.05) is 4.47 Å². The van der Waals surface area contributed by atoms with E-state index in [2.05, 4.69) is 41.9 Å². The summed E-state index contributed by atoms with van der Waals surface area (Å²) < 4.78 is 6.36. The number of benzene rings is 1. The number of hydrogen-bond donors (Lipinski definition) is 0. The summed E-state index contributed by atoms with van der Waals surface area (Å²) in [6, 6.07) is 6.18. The van der Waals surface area contributed by atoms with Crippen LogP contribution in [0, 0.1) is 5.92 Å². The maximum Gasteiger partial charge on any atom is 0.123 e. The second-order valence-electron chi connectivity index (χ2n) is 3.55. The molecule has 0 spiro atoms. The van der Waals surface area contributed by atoms with Gasteiger partial charge in [0.2, 0.25) is 0 Å². The van der Waals surface area contributed by atoms with Gasteiger partial charge in [-0.2, -0.15) is 0 Å². The molecule has 0 bridgehead atoms. The Labute approximate surface area is 88.2 Å². The second kappa shape index (κ2) is 4.66. The fourth-order valence-corrected chi connectivity index (χ4v) is 1.67. The van der Waals surface area contributed by atoms with Crippen molar-refractivity contribution < 1.29 is 4.74 Å². The summed E-state index contributed by atoms with van der Waals surface area (Å²) in [7, 11) is 1.71. The molecular weight excluding hydrogens is 228 g/mol. The number of rotatable bonds is 3. The Morgan fingerprint density at radius 2 is 2.08 bits per heavy atom. The van der Waals surface area contributed by atoms with Crippen molar-refractivity contribution in [3.63, 3.8) is 0 Å². The van der Waals surface area contributed by atoms with E-state index in [1.807, 2.05) is 6.07 Å². The van der Waals surface area contributed by atoms with Crippen LogP contribution in [-0.2, 0) is 6.42 Å². The van der Waals surface area contributed by atoms with Crippen LogP contribution in [0.1, 0.15) is 19.4 Å². The molecule has 1 aromatic carbocycles. The minimum atomic E-state index is 0.662. The normalized spacial score (nSPS) is 10.5. The minimum absolute atomic E-state index is 0.662. The molecule has 0 aliphatic heterocycles. The van der Waals surface area contributed by atoms with E-state index in [1.165, 1.54) is 5.56 Å². The molecule has 0 saturated carbocycles. The quantitative estimate of drug-likeness (QED) is 0.787. The molecule has 0 amide bonds. The van der Waals surface area contributed by atoms with Gasteiger partial charge in [-0.25, -0.2) is 0 Å². The molecule has 1 aromatic rings. The number of hydrogen-bond acceptors (Lipinski definition) is 1. The highest BCUT2D eigenvalue weighted by Gasteiger charge is 2.05. The summed E-state index contributed by atoms with van der Waals surface area (Å²) in [5.41, 5.74) is 1.28. The Kier molecular flexibility index (Phi) is 3.79. The zero-order chi connectivity index (χ0) is 9.84. The topological polar surface area (TPSA) is 9.23 Å². The molecule has 2 heteroatoms. The van der Waals surface area contributed by atoms with E-state index < -0.39 is 0 Å². The first-order chi connectivity index (χ1) is 6.13. The molecule has 0 aliphatic rings. The zero-order valence-electron chi connectivity index (χ0n) is 8.30. The number of methoxy groups -OCH3 is 1. The smallest absolute Gasteiger partial charge is 0.123 e. The van der Waals surface area contributed by atoms with Crippen LogP contribution >= 0.6 is 15.9 Å². The highest BCUT2D eigenvalue weighted by molar-refractivity contribution is 9.10. The molecule has 0 radical (unpaired) electrons. The van der Waals surface area contributed by atoms with Crippen molar-refractivity contribution in [2.24, 2.45) is 5.92 Å². The molecule has 0 heterocycles. The molecule has 0 aromatic heterocycles. The Morgan fingerprint density at radius 3 is 2.62 bits per heavy atom. The van der Waals surface area contributed by atoms with Gasteiger partial charge >= 0.3 is 0 Å². The maximum absolute atomic E-state index is 5.30. The lowest BCUT2D eigenvalue weighted by Crippen LogP contribution is -1.97. The van der Waals surface area contributed by atoms with Crippen LogP contribution in [-0.4, -0.2) is 7.11 Å². The fraction of sp³-hybridized carbons (Fsp3) is 0.455. The summed E-state index contributed by atoms with van der Waals surface area (Å²) in [6.07, 6.45) is 1.07. The van der Waals surface area contributed by atoms with Gasteiger partial charge in [-0.05, 0) is 30.0 Å². The predicted octanol–water partition coefficient (Wildman–Crippen LogP) is 3.66. The van der Waals surface area contributed by atoms with Crippen LogP contribution in [0.4, 0.5) is 0 Å². The summed E-state index contributed by atoms with van der Waals surface area (Å²) in [4.78, 5) is 0. The first kappa shape index (κ1) is 10.6. The molecule has 0 atom stereocenters. The summed E-state index contributed by atoms with van der Waals surface area (Å²) >= 11 is 3.42. The monoisotopic (exact) mass is 242 g/mol. The average Bonchev–Trinajstić information content (AvgIpc) is 2.07. The molecule has 0 unspecified atom stereocenters. The van der Waals surface area contributed by atoms with E-state index in [4.69, 9.17) is 4.74 Å². The number of halogens is 1. The standard InChI is InChI=1S/C11H15BrO/c1-8(2)6-9-4-5-10(12)7-11(9)13-3/h4-5,7-8H,6H2,1-3H3. The van der Waals surface area contributed by atoms with Crippen molar-refractivity contribution in [2.45, 2.75) is 20.3 Å². The van der Waals surface area contributed by atoms with E-state index in [-0.39, 0.29) is 0 Å². The molecule has 72 valence electrons. The van der Waals surface area contributed by atoms with E-state index in [9.17, 15) is 0 Å². The van der Waals surface area contributed by atoms with Crippen LogP contribution in [0.5, 0.6) is 5.75 Å². The lowest BCUT2D eigenvalue weighted by molar-refractivity contribution is 0.406. The van der Waals surface area contributed by atoms with Crippen LogP contribution in [0.3, 0.4) is 0 Å². The molecule has 0 aliphatic carbocycles. The second-order valence-corrected chi connectivity index (χ2v) is 4.47. The van der Waals surface area contributed by atoms with Gasteiger partial charge < -0.3 is 4.74 Å². The van der Waals surface area contributed by atoms with Gasteiger partial charge in [0.15, 0.2) is 0 Å². The SMILES string of the molecule is COc1cc(Br)ccc1CC(C)C. The van der Waals surface area contributed by atoms with Gasteiger partial charge in [-0.15, -0.1) is 0 Å². The maximum atomic E-state index is 5.30. The van der Waals surface area contributed by atoms with Crippen molar-refractivity contribution >= 4 is 15.9 Å². The lowest BCUT2D eigenvalue weighted by Gasteiger charge is -2.10. The highest BCUT2D eigenvalue weighted by atomic mass is 79.9. The van der Waals surface area contributed by atoms with Crippen LogP contribution in [0.15, 0.2) is 22.7 Å². The van der Waals surface area contributed by atoms with E-state index in [0.29, 0.717) is 5.92 Å². The van der Waals surface area contributed by atoms with E-state index >= 15 is 0 Å². The molecule has 0 N–H and O–H groups in total. The van der Waals surface area contributed by atoms with Crippen molar-refractivity contribution in [1.82, 2.24) is 0 Å². The third-order valence-electron chi connectivity index (χ3n) is 1.88. The lowest BCUT2D eigenvalue weighted by atomic mass is 10.0. The Morgan fingerprint density at radius 1 is 1.38 bits per heavy atom. The molecule has 13 heavy (non-hydrogen) atoms. The largest absolute Gasteiger partial charge is 0.496 e. The summed E-state index contributed by atoms with van der Waals surface area (Å²) in [5.74, 6) is 1.64. The molecular formula is C11H15BrO. The molecule has 0 fully saturated rings. The predicted molar refractivity (Wildman–Crippen MR) is 59.2 cm³/mol. The van der Waals surface area contributed by atoms with Gasteiger partial charge in [0.1, 0.15) is 5.75 Å². The van der Waals surface area contributed by atoms with Crippen LogP contribution in [0.2, 0.25) is 0 Å². The Bertz CT molecular complexity index is 281. The molecule has 0 saturated heterocycles. The first-order valence-corrected chi connectivity index (χ1v) is 5.25. The van der Waals surface area contributed by atoms with Gasteiger partial charge in [0.25, 0.3) is 0 Å². The Hall–Kier alpha value is -0.500. The number of ether oxygens (including phenoxy) is 1. The average molecular weight is 243 g/mol. The van der Waals surface area contributed by atoms with Gasteiger partial charge in [-0.3, -0.25) is 0 Å². The molecule has 1 rings (SSSR count). The van der Waals surface area contributed by atoms with Crippen LogP contribution < -0.4 is 4.74 Å². The summed E-state index contributed by atoms with van der Waals surface area (Å²) in [6.45, 7) is 4.42. The first-order valence-electron chi connectivity index (χ1n) is 4.46. The van der Waals surface area contributed by atoms with Crippen molar-refractivity contribution in [1.29, 1.82) is 0 Å². The third kappa shape index (κ3) is 3.03. The zero-order valence-corrected chi connectivity index (χ0v) is 9.89. The van der Waals surface area contributed by atoms with Crippen molar-refractivity contribution in [3.05, 3.63) is 28.2 Å². The van der Waals surface area contributed by atoms with E-state index in [1.54, 1.807) is 7.11 Å². The van der Waals surface area contributed by atoms with Gasteiger partial charge in [-0.1, -0.05) is 35.8 Å². The Balaban J connectivity index is 2.92. The van der Waals surface area contributed by atoms with E-state index in [0.717, 1.165) is 16.6 Å². The van der Waals surface area contributed by atoms with Gasteiger partial charge in [0.05, 0.1) is 7.11 Å². The highest BCUT2D eigenvalue weighted by Crippen LogP contribution is 2.25. The molecule has 1 nitrogen and oxygen atoms in total. The van der Waals surface area contributed by atoms with Crippen LogP contribution in [0.25, 0.3) is 0 Å². The van der Waals surface area contributed by atoms with Crippen molar-refractivity contribution in [3.8, 4) is 5.75 Å². The fourth-order valence-electron chi connectivity index (χ4n) is 1.33. The third-order valence-corrected chi connectivity index (χ3v) is 2.37. The van der Waals surface area contributed by atoms with Crippen molar-refractivity contribution in [2.75, 3.05) is 7.11 Å².